The Bertz CT molecular complexity index is 1650. The number of halogens is 4. The van der Waals surface area contributed by atoms with E-state index < -0.39 is 45.9 Å². The topological polar surface area (TPSA) is 156 Å². The van der Waals surface area contributed by atoms with Gasteiger partial charge in [-0.3, -0.25) is 9.59 Å². The Morgan fingerprint density at radius 3 is 2.55 bits per heavy atom. The largest absolute Gasteiger partial charge is 0.467 e. The number of nitrogens with zero attached hydrogens (tertiary/aromatic N) is 4. The Balaban J connectivity index is 1.72. The minimum atomic E-state index is -4.67. The quantitative estimate of drug-likeness (QED) is 0.421. The number of alkyl halides is 3. The van der Waals surface area contributed by atoms with Gasteiger partial charge in [0.05, 0.1) is 45.0 Å². The summed E-state index contributed by atoms with van der Waals surface area (Å²) in [5, 5.41) is 18.5. The van der Waals surface area contributed by atoms with Crippen LogP contribution in [0.3, 0.4) is 0 Å². The number of hydrogen-bond acceptors (Lipinski definition) is 8. The maximum absolute atomic E-state index is 13.5. The zero-order valence-electron chi connectivity index (χ0n) is 20.8. The fourth-order valence-electron chi connectivity index (χ4n) is 4.16. The second-order valence-corrected chi connectivity index (χ2v) is 11.8. The Labute approximate surface area is 230 Å². The molecule has 0 saturated carbocycles. The zero-order valence-corrected chi connectivity index (χ0v) is 22.4. The SMILES string of the molecule is Cc1cc(C#N)cc(C(=O)NC2(C)CS(=O)(=O)C2)c1NC(=O)c1cc(OCC(F)(F)F)nn1-c1ncccc1Cl. The third-order valence-electron chi connectivity index (χ3n) is 5.68. The highest BCUT2D eigenvalue weighted by atomic mass is 35.5. The normalized spacial score (nSPS) is 15.4. The van der Waals surface area contributed by atoms with E-state index in [1.54, 1.807) is 6.92 Å². The predicted octanol–water partition coefficient (Wildman–Crippen LogP) is 3.21. The third-order valence-corrected chi connectivity index (χ3v) is 8.13. The number of nitriles is 1. The van der Waals surface area contributed by atoms with Crippen molar-refractivity contribution in [2.75, 3.05) is 23.4 Å². The summed E-state index contributed by atoms with van der Waals surface area (Å²) >= 11 is 6.18. The molecule has 0 radical (unpaired) electrons. The summed E-state index contributed by atoms with van der Waals surface area (Å²) in [6.07, 6.45) is -3.34. The van der Waals surface area contributed by atoms with Crippen molar-refractivity contribution >= 4 is 38.9 Å². The van der Waals surface area contributed by atoms with Gasteiger partial charge >= 0.3 is 6.18 Å². The Morgan fingerprint density at radius 1 is 1.25 bits per heavy atom. The summed E-state index contributed by atoms with van der Waals surface area (Å²) in [5.41, 5.74) is -1.13. The lowest BCUT2D eigenvalue weighted by Gasteiger charge is -2.38. The van der Waals surface area contributed by atoms with E-state index >= 15 is 0 Å². The number of pyridine rings is 1. The molecule has 3 aromatic rings. The van der Waals surface area contributed by atoms with Gasteiger partial charge in [-0.05, 0) is 43.7 Å². The number of rotatable bonds is 7. The first-order valence-electron chi connectivity index (χ1n) is 11.4. The molecule has 3 heterocycles. The number of amides is 2. The maximum Gasteiger partial charge on any atom is 0.422 e. The highest BCUT2D eigenvalue weighted by Gasteiger charge is 2.46. The summed E-state index contributed by atoms with van der Waals surface area (Å²) in [7, 11) is -3.29. The highest BCUT2D eigenvalue weighted by molar-refractivity contribution is 7.93. The van der Waals surface area contributed by atoms with Gasteiger partial charge in [0.2, 0.25) is 5.88 Å². The van der Waals surface area contributed by atoms with Crippen LogP contribution in [0, 0.1) is 18.3 Å². The second-order valence-electron chi connectivity index (χ2n) is 9.32. The molecule has 210 valence electrons. The molecular formula is C24H20ClF3N6O5S. The first-order valence-corrected chi connectivity index (χ1v) is 13.6. The van der Waals surface area contributed by atoms with Crippen LogP contribution in [0.1, 0.15) is 38.9 Å². The molecule has 4 rings (SSSR count). The van der Waals surface area contributed by atoms with E-state index in [1.165, 1.54) is 37.4 Å². The predicted molar refractivity (Wildman–Crippen MR) is 136 cm³/mol. The molecule has 2 aromatic heterocycles. The van der Waals surface area contributed by atoms with Crippen LogP contribution in [0.5, 0.6) is 5.88 Å². The van der Waals surface area contributed by atoms with Crippen LogP contribution in [0.2, 0.25) is 5.02 Å². The van der Waals surface area contributed by atoms with Gasteiger partial charge in [0.15, 0.2) is 22.3 Å². The van der Waals surface area contributed by atoms with Crippen molar-refractivity contribution in [1.29, 1.82) is 5.26 Å². The number of aryl methyl sites for hydroxylation is 1. The van der Waals surface area contributed by atoms with E-state index in [0.29, 0.717) is 5.56 Å². The molecule has 40 heavy (non-hydrogen) atoms. The van der Waals surface area contributed by atoms with Crippen LogP contribution in [-0.2, 0) is 9.84 Å². The first-order chi connectivity index (χ1) is 18.6. The summed E-state index contributed by atoms with van der Waals surface area (Å²) < 4.78 is 67.1. The number of benzene rings is 1. The zero-order chi connectivity index (χ0) is 29.5. The van der Waals surface area contributed by atoms with E-state index in [4.69, 9.17) is 16.3 Å². The Kier molecular flexibility index (Phi) is 7.52. The minimum absolute atomic E-state index is 0.0232. The van der Waals surface area contributed by atoms with E-state index in [2.05, 4.69) is 20.7 Å². The molecule has 16 heteroatoms. The number of anilines is 1. The van der Waals surface area contributed by atoms with E-state index in [9.17, 15) is 36.4 Å². The number of nitrogens with one attached hydrogen (secondary N) is 2. The third kappa shape index (κ3) is 6.35. The molecule has 0 spiro atoms. The van der Waals surface area contributed by atoms with Gasteiger partial charge in [0.25, 0.3) is 11.8 Å². The fourth-order valence-corrected chi connectivity index (χ4v) is 6.36. The standard InChI is InChI=1S/C24H20ClF3N6O5S/c1-13-6-14(9-29)7-15(21(35)32-23(2)11-40(37,38)12-23)19(13)31-22(36)17-8-18(39-10-24(26,27)28)33-34(17)20-16(25)4-3-5-30-20/h3-8H,10-12H2,1-2H3,(H,31,36)(H,32,35). The number of ether oxygens (including phenoxy) is 1. The van der Waals surface area contributed by atoms with Crippen molar-refractivity contribution in [2.45, 2.75) is 25.6 Å². The average molecular weight is 597 g/mol. The Morgan fingerprint density at radius 2 is 1.95 bits per heavy atom. The highest BCUT2D eigenvalue weighted by Crippen LogP contribution is 2.29. The summed E-state index contributed by atoms with van der Waals surface area (Å²) in [5.74, 6) is -2.86. The number of hydrogen-bond donors (Lipinski definition) is 2. The van der Waals surface area contributed by atoms with Gasteiger partial charge in [0.1, 0.15) is 5.69 Å². The number of aromatic nitrogens is 3. The van der Waals surface area contributed by atoms with Crippen molar-refractivity contribution in [3.05, 3.63) is 63.9 Å². The average Bonchev–Trinajstić information content (AvgIpc) is 3.26. The van der Waals surface area contributed by atoms with Crippen molar-refractivity contribution in [3.63, 3.8) is 0 Å². The van der Waals surface area contributed by atoms with Gasteiger partial charge in [-0.1, -0.05) is 11.6 Å². The molecule has 0 bridgehead atoms. The van der Waals surface area contributed by atoms with E-state index in [1.807, 2.05) is 6.07 Å². The summed E-state index contributed by atoms with van der Waals surface area (Å²) in [6.45, 7) is 1.39. The van der Waals surface area contributed by atoms with Crippen molar-refractivity contribution in [1.82, 2.24) is 20.1 Å². The minimum Gasteiger partial charge on any atom is -0.467 e. The van der Waals surface area contributed by atoms with Crippen molar-refractivity contribution in [3.8, 4) is 17.8 Å². The molecular weight excluding hydrogens is 577 g/mol. The van der Waals surface area contributed by atoms with E-state index in [-0.39, 0.29) is 44.9 Å². The summed E-state index contributed by atoms with van der Waals surface area (Å²) in [6, 6.07) is 8.42. The molecule has 0 aliphatic carbocycles. The molecule has 11 nitrogen and oxygen atoms in total. The monoisotopic (exact) mass is 596 g/mol. The molecule has 1 fully saturated rings. The van der Waals surface area contributed by atoms with E-state index in [0.717, 1.165) is 10.7 Å². The maximum atomic E-state index is 13.5. The molecule has 1 aliphatic heterocycles. The smallest absolute Gasteiger partial charge is 0.422 e. The first kappa shape index (κ1) is 28.8. The molecule has 0 unspecified atom stereocenters. The number of carbonyl (C=O) groups excluding carboxylic acids is 2. The van der Waals surface area contributed by atoms with Crippen LogP contribution in [0.25, 0.3) is 5.82 Å². The van der Waals surface area contributed by atoms with Gasteiger partial charge in [-0.25, -0.2) is 18.1 Å². The number of sulfone groups is 1. The van der Waals surface area contributed by atoms with Crippen LogP contribution >= 0.6 is 11.6 Å². The lowest BCUT2D eigenvalue weighted by atomic mass is 10.0. The molecule has 2 N–H and O–H groups in total. The molecule has 1 aromatic carbocycles. The van der Waals surface area contributed by atoms with Crippen molar-refractivity contribution in [2.24, 2.45) is 0 Å². The Hall–Kier alpha value is -4.16. The van der Waals surface area contributed by atoms with Crippen LogP contribution in [0.15, 0.2) is 36.5 Å². The van der Waals surface area contributed by atoms with Crippen molar-refractivity contribution < 1.29 is 35.9 Å². The van der Waals surface area contributed by atoms with Crippen LogP contribution < -0.4 is 15.4 Å². The van der Waals surface area contributed by atoms with Crippen LogP contribution in [-0.4, -0.2) is 64.8 Å². The van der Waals surface area contributed by atoms with Gasteiger partial charge in [-0.15, -0.1) is 5.10 Å². The van der Waals surface area contributed by atoms with Gasteiger partial charge in [-0.2, -0.15) is 18.4 Å². The van der Waals surface area contributed by atoms with Gasteiger partial charge < -0.3 is 15.4 Å². The fraction of sp³-hybridized carbons (Fsp3) is 0.292. The molecule has 0 atom stereocenters. The molecule has 1 aliphatic rings. The summed E-state index contributed by atoms with van der Waals surface area (Å²) in [4.78, 5) is 30.7. The second kappa shape index (κ2) is 10.4. The lowest BCUT2D eigenvalue weighted by Crippen LogP contribution is -2.63. The number of carbonyl (C=O) groups is 2. The van der Waals surface area contributed by atoms with Crippen LogP contribution in [0.4, 0.5) is 18.9 Å². The lowest BCUT2D eigenvalue weighted by molar-refractivity contribution is -0.154. The van der Waals surface area contributed by atoms with Gasteiger partial charge in [0, 0.05) is 12.3 Å². The molecule has 2 amide bonds. The molecule has 1 saturated heterocycles.